The molecule has 1 amide bonds. The summed E-state index contributed by atoms with van der Waals surface area (Å²) in [4.78, 5) is 16.9. The topological polar surface area (TPSA) is 58.8 Å². The van der Waals surface area contributed by atoms with Gasteiger partial charge in [0.25, 0.3) is 5.91 Å². The number of hydrogen-bond acceptors (Lipinski definition) is 4. The smallest absolute Gasteiger partial charge is 0.256 e. The van der Waals surface area contributed by atoms with Crippen LogP contribution >= 0.6 is 0 Å². The molecule has 0 bridgehead atoms. The summed E-state index contributed by atoms with van der Waals surface area (Å²) in [7, 11) is 1.56. The number of nitrogen functional groups attached to an aromatic ring is 1. The molecule has 1 aliphatic heterocycles. The highest BCUT2D eigenvalue weighted by atomic mass is 16.5. The maximum Gasteiger partial charge on any atom is 0.256 e. The second-order valence-electron chi connectivity index (χ2n) is 5.51. The first-order valence-electron chi connectivity index (χ1n) is 7.54. The number of methoxy groups -OCH3 is 1. The Kier molecular flexibility index (Phi) is 5.07. The van der Waals surface area contributed by atoms with Crippen LogP contribution in [0.1, 0.15) is 30.6 Å². The zero-order chi connectivity index (χ0) is 15.4. The number of nitrogens with two attached hydrogens (primary N) is 1. The molecule has 1 aliphatic rings. The third-order valence-corrected chi connectivity index (χ3v) is 4.33. The molecule has 1 aromatic carbocycles. The van der Waals surface area contributed by atoms with Crippen molar-refractivity contribution in [3.05, 3.63) is 23.8 Å². The van der Waals surface area contributed by atoms with E-state index in [0.29, 0.717) is 23.0 Å². The van der Waals surface area contributed by atoms with Gasteiger partial charge in [-0.05, 0) is 25.5 Å². The van der Waals surface area contributed by atoms with Gasteiger partial charge in [0, 0.05) is 32.2 Å². The highest BCUT2D eigenvalue weighted by Gasteiger charge is 2.25. The molecule has 0 saturated carbocycles. The van der Waals surface area contributed by atoms with Gasteiger partial charge in [-0.1, -0.05) is 13.0 Å². The molecular formula is C16H25N3O2. The monoisotopic (exact) mass is 291 g/mol. The number of benzene rings is 1. The molecule has 5 nitrogen and oxygen atoms in total. The van der Waals surface area contributed by atoms with E-state index in [1.807, 2.05) is 4.90 Å². The summed E-state index contributed by atoms with van der Waals surface area (Å²) in [5, 5.41) is 0. The summed E-state index contributed by atoms with van der Waals surface area (Å²) in [5.74, 6) is 0.550. The van der Waals surface area contributed by atoms with Crippen LogP contribution in [0.5, 0.6) is 5.75 Å². The largest absolute Gasteiger partial charge is 0.495 e. The Bertz CT molecular complexity index is 496. The number of para-hydroxylation sites is 1. The molecule has 1 saturated heterocycles. The third-order valence-electron chi connectivity index (χ3n) is 4.33. The minimum Gasteiger partial charge on any atom is -0.495 e. The van der Waals surface area contributed by atoms with E-state index in [2.05, 4.69) is 18.7 Å². The van der Waals surface area contributed by atoms with Crippen LogP contribution in [0.15, 0.2) is 18.2 Å². The SMILES string of the molecule is CCC(C)N1CCN(C(=O)c2cccc(OC)c2N)CC1. The molecule has 21 heavy (non-hydrogen) atoms. The fourth-order valence-electron chi connectivity index (χ4n) is 2.70. The van der Waals surface area contributed by atoms with Gasteiger partial charge in [-0.25, -0.2) is 0 Å². The number of piperazine rings is 1. The van der Waals surface area contributed by atoms with E-state index in [1.165, 1.54) is 0 Å². The van der Waals surface area contributed by atoms with Crippen molar-refractivity contribution in [2.45, 2.75) is 26.3 Å². The van der Waals surface area contributed by atoms with Crippen molar-refractivity contribution >= 4 is 11.6 Å². The van der Waals surface area contributed by atoms with Crippen LogP contribution in [0.3, 0.4) is 0 Å². The molecule has 1 atom stereocenters. The lowest BCUT2D eigenvalue weighted by molar-refractivity contribution is 0.0580. The van der Waals surface area contributed by atoms with Gasteiger partial charge in [0.05, 0.1) is 18.4 Å². The summed E-state index contributed by atoms with van der Waals surface area (Å²) in [6.07, 6.45) is 1.14. The molecule has 116 valence electrons. The van der Waals surface area contributed by atoms with Crippen molar-refractivity contribution in [1.82, 2.24) is 9.80 Å². The lowest BCUT2D eigenvalue weighted by Crippen LogP contribution is -2.51. The predicted molar refractivity (Wildman–Crippen MR) is 84.6 cm³/mol. The van der Waals surface area contributed by atoms with E-state index >= 15 is 0 Å². The van der Waals surface area contributed by atoms with Crippen LogP contribution in [0, 0.1) is 0 Å². The highest BCUT2D eigenvalue weighted by Crippen LogP contribution is 2.26. The van der Waals surface area contributed by atoms with Crippen molar-refractivity contribution in [2.75, 3.05) is 39.0 Å². The minimum absolute atomic E-state index is 0.00444. The summed E-state index contributed by atoms with van der Waals surface area (Å²) >= 11 is 0. The highest BCUT2D eigenvalue weighted by molar-refractivity contribution is 6.00. The maximum atomic E-state index is 12.6. The van der Waals surface area contributed by atoms with E-state index in [4.69, 9.17) is 10.5 Å². The Labute approximate surface area is 126 Å². The molecule has 5 heteroatoms. The molecule has 1 heterocycles. The quantitative estimate of drug-likeness (QED) is 0.860. The van der Waals surface area contributed by atoms with Crippen LogP contribution < -0.4 is 10.5 Å². The second kappa shape index (κ2) is 6.80. The Morgan fingerprint density at radius 2 is 2.00 bits per heavy atom. The van der Waals surface area contributed by atoms with Gasteiger partial charge in [-0.3, -0.25) is 9.69 Å². The van der Waals surface area contributed by atoms with Crippen LogP contribution in [-0.2, 0) is 0 Å². The first kappa shape index (κ1) is 15.6. The number of nitrogens with zero attached hydrogens (tertiary/aromatic N) is 2. The molecule has 1 fully saturated rings. The van der Waals surface area contributed by atoms with E-state index in [1.54, 1.807) is 25.3 Å². The standard InChI is InChI=1S/C16H25N3O2/c1-4-12(2)18-8-10-19(11-9-18)16(20)13-6-5-7-14(21-3)15(13)17/h5-7,12H,4,8-11,17H2,1-3H3. The fourth-order valence-corrected chi connectivity index (χ4v) is 2.70. The first-order valence-corrected chi connectivity index (χ1v) is 7.54. The van der Waals surface area contributed by atoms with Crippen molar-refractivity contribution in [3.63, 3.8) is 0 Å². The summed E-state index contributed by atoms with van der Waals surface area (Å²) in [6, 6.07) is 5.91. The van der Waals surface area contributed by atoms with Crippen LogP contribution in [-0.4, -0.2) is 55.0 Å². The zero-order valence-corrected chi connectivity index (χ0v) is 13.1. The zero-order valence-electron chi connectivity index (χ0n) is 13.1. The van der Waals surface area contributed by atoms with E-state index in [0.717, 1.165) is 32.6 Å². The van der Waals surface area contributed by atoms with Crippen molar-refractivity contribution in [2.24, 2.45) is 0 Å². The van der Waals surface area contributed by atoms with Crippen molar-refractivity contribution in [1.29, 1.82) is 0 Å². The van der Waals surface area contributed by atoms with Crippen molar-refractivity contribution < 1.29 is 9.53 Å². The van der Waals surface area contributed by atoms with E-state index < -0.39 is 0 Å². The van der Waals surface area contributed by atoms with Gasteiger partial charge in [-0.15, -0.1) is 0 Å². The molecule has 2 N–H and O–H groups in total. The molecule has 1 unspecified atom stereocenters. The number of anilines is 1. The Balaban J connectivity index is 2.06. The summed E-state index contributed by atoms with van der Waals surface area (Å²) in [6.45, 7) is 7.77. The predicted octanol–water partition coefficient (Wildman–Crippen LogP) is 1.83. The molecule has 1 aromatic rings. The van der Waals surface area contributed by atoms with Gasteiger partial charge < -0.3 is 15.4 Å². The number of amides is 1. The lowest BCUT2D eigenvalue weighted by Gasteiger charge is -2.38. The number of ether oxygens (including phenoxy) is 1. The molecule has 0 radical (unpaired) electrons. The molecular weight excluding hydrogens is 266 g/mol. The van der Waals surface area contributed by atoms with Crippen LogP contribution in [0.2, 0.25) is 0 Å². The van der Waals surface area contributed by atoms with Crippen LogP contribution in [0.25, 0.3) is 0 Å². The number of carbonyl (C=O) groups is 1. The van der Waals surface area contributed by atoms with Crippen LogP contribution in [0.4, 0.5) is 5.69 Å². The Morgan fingerprint density at radius 3 is 2.57 bits per heavy atom. The summed E-state index contributed by atoms with van der Waals surface area (Å²) in [5.41, 5.74) is 6.97. The minimum atomic E-state index is -0.00444. The van der Waals surface area contributed by atoms with Gasteiger partial charge in [-0.2, -0.15) is 0 Å². The number of hydrogen-bond donors (Lipinski definition) is 1. The average Bonchev–Trinajstić information content (AvgIpc) is 2.54. The lowest BCUT2D eigenvalue weighted by atomic mass is 10.1. The Morgan fingerprint density at radius 1 is 1.33 bits per heavy atom. The third kappa shape index (κ3) is 3.29. The molecule has 2 rings (SSSR count). The summed E-state index contributed by atoms with van der Waals surface area (Å²) < 4.78 is 5.18. The molecule has 0 aromatic heterocycles. The number of carbonyl (C=O) groups excluding carboxylic acids is 1. The van der Waals surface area contributed by atoms with Gasteiger partial charge in [0.15, 0.2) is 0 Å². The van der Waals surface area contributed by atoms with Crippen molar-refractivity contribution in [3.8, 4) is 5.75 Å². The molecule has 0 aliphatic carbocycles. The number of rotatable bonds is 4. The first-order chi connectivity index (χ1) is 10.1. The fraction of sp³-hybridized carbons (Fsp3) is 0.562. The van der Waals surface area contributed by atoms with Gasteiger partial charge in [0.2, 0.25) is 0 Å². The maximum absolute atomic E-state index is 12.6. The average molecular weight is 291 g/mol. The van der Waals surface area contributed by atoms with Gasteiger partial charge >= 0.3 is 0 Å². The normalized spacial score (nSPS) is 17.6. The second-order valence-corrected chi connectivity index (χ2v) is 5.51. The van der Waals surface area contributed by atoms with E-state index in [9.17, 15) is 4.79 Å². The van der Waals surface area contributed by atoms with Gasteiger partial charge in [0.1, 0.15) is 5.75 Å². The Hall–Kier alpha value is -1.75. The van der Waals surface area contributed by atoms with E-state index in [-0.39, 0.29) is 5.91 Å². The molecule has 0 spiro atoms.